The van der Waals surface area contributed by atoms with Gasteiger partial charge in [-0.3, -0.25) is 0 Å². The van der Waals surface area contributed by atoms with Gasteiger partial charge in [-0.25, -0.2) is 18.1 Å². The molecule has 0 bridgehead atoms. The Hall–Kier alpha value is -1.08. The molecule has 2 N–H and O–H groups in total. The zero-order chi connectivity index (χ0) is 13.2. The minimum atomic E-state index is -3.63. The van der Waals surface area contributed by atoms with Crippen LogP contribution in [0.2, 0.25) is 10.0 Å². The van der Waals surface area contributed by atoms with E-state index in [-0.39, 0.29) is 16.5 Å². The third-order valence-corrected chi connectivity index (χ3v) is 4.32. The van der Waals surface area contributed by atoms with Crippen molar-refractivity contribution in [1.29, 1.82) is 0 Å². The van der Waals surface area contributed by atoms with Gasteiger partial charge in [0.05, 0.1) is 21.5 Å². The summed E-state index contributed by atoms with van der Waals surface area (Å²) in [5, 5.41) is 0.499. The normalized spacial score (nSPS) is 11.7. The molecular formula is C10H9Cl2N3O2S. The summed E-state index contributed by atoms with van der Waals surface area (Å²) in [5.74, 6) is 0.527. The second-order valence-corrected chi connectivity index (χ2v) is 6.02. The van der Waals surface area contributed by atoms with Crippen LogP contribution in [0.25, 0.3) is 0 Å². The predicted molar refractivity (Wildman–Crippen MR) is 69.1 cm³/mol. The maximum Gasteiger partial charge on any atom is 0.241 e. The van der Waals surface area contributed by atoms with E-state index in [0.717, 1.165) is 0 Å². The van der Waals surface area contributed by atoms with Gasteiger partial charge in [-0.2, -0.15) is 0 Å². The van der Waals surface area contributed by atoms with E-state index >= 15 is 0 Å². The van der Waals surface area contributed by atoms with Gasteiger partial charge >= 0.3 is 0 Å². The molecule has 0 aliphatic heterocycles. The van der Waals surface area contributed by atoms with Gasteiger partial charge in [-0.15, -0.1) is 0 Å². The molecule has 1 aromatic heterocycles. The lowest BCUT2D eigenvalue weighted by molar-refractivity contribution is 0.579. The number of H-pyrrole nitrogens is 1. The number of hydrogen-bond donors (Lipinski definition) is 2. The third-order valence-electron chi connectivity index (χ3n) is 2.19. The van der Waals surface area contributed by atoms with Crippen molar-refractivity contribution in [3.63, 3.8) is 0 Å². The van der Waals surface area contributed by atoms with E-state index in [1.165, 1.54) is 18.2 Å². The maximum absolute atomic E-state index is 11.9. The molecule has 0 amide bonds. The maximum atomic E-state index is 11.9. The molecule has 1 heterocycles. The van der Waals surface area contributed by atoms with Crippen LogP contribution in [0.1, 0.15) is 5.82 Å². The minimum absolute atomic E-state index is 0.0588. The lowest BCUT2D eigenvalue weighted by Crippen LogP contribution is -2.23. The summed E-state index contributed by atoms with van der Waals surface area (Å²) < 4.78 is 26.3. The molecule has 2 aromatic rings. The Morgan fingerprint density at radius 2 is 2.06 bits per heavy atom. The fourth-order valence-corrected chi connectivity index (χ4v) is 2.66. The Labute approximate surface area is 114 Å². The molecule has 2 rings (SSSR count). The highest BCUT2D eigenvalue weighted by atomic mass is 35.5. The van der Waals surface area contributed by atoms with E-state index in [4.69, 9.17) is 23.2 Å². The van der Waals surface area contributed by atoms with Gasteiger partial charge in [0, 0.05) is 12.4 Å². The highest BCUT2D eigenvalue weighted by Gasteiger charge is 2.15. The van der Waals surface area contributed by atoms with Crippen LogP contribution in [0.4, 0.5) is 0 Å². The standard InChI is InChI=1S/C10H9Cl2N3O2S/c11-8-2-1-7(5-9(8)12)18(16,17)15-6-10-13-3-4-14-10/h1-5,15H,6H2,(H,13,14). The number of benzene rings is 1. The molecule has 96 valence electrons. The van der Waals surface area contributed by atoms with E-state index in [0.29, 0.717) is 10.8 Å². The topological polar surface area (TPSA) is 74.8 Å². The first kappa shape index (κ1) is 13.4. The molecule has 5 nitrogen and oxygen atoms in total. The Bertz CT molecular complexity index is 641. The largest absolute Gasteiger partial charge is 0.347 e. The number of sulfonamides is 1. The fourth-order valence-electron chi connectivity index (χ4n) is 1.29. The monoisotopic (exact) mass is 305 g/mol. The van der Waals surface area contributed by atoms with Crippen LogP contribution in [0.5, 0.6) is 0 Å². The SMILES string of the molecule is O=S(=O)(NCc1ncc[nH]1)c1ccc(Cl)c(Cl)c1. The summed E-state index contributed by atoms with van der Waals surface area (Å²) in [6.45, 7) is 0.0789. The first-order valence-electron chi connectivity index (χ1n) is 4.92. The molecule has 0 saturated heterocycles. The quantitative estimate of drug-likeness (QED) is 0.909. The highest BCUT2D eigenvalue weighted by Crippen LogP contribution is 2.24. The number of aromatic amines is 1. The van der Waals surface area contributed by atoms with Crippen LogP contribution in [-0.4, -0.2) is 18.4 Å². The molecule has 0 fully saturated rings. The smallest absolute Gasteiger partial charge is 0.241 e. The van der Waals surface area contributed by atoms with Crippen LogP contribution in [0, 0.1) is 0 Å². The summed E-state index contributed by atoms with van der Waals surface area (Å²) in [6.07, 6.45) is 3.16. The minimum Gasteiger partial charge on any atom is -0.347 e. The third kappa shape index (κ3) is 3.02. The molecule has 0 aliphatic carbocycles. The van der Waals surface area contributed by atoms with Gasteiger partial charge in [0.1, 0.15) is 5.82 Å². The zero-order valence-corrected chi connectivity index (χ0v) is 11.4. The van der Waals surface area contributed by atoms with E-state index in [1.54, 1.807) is 12.4 Å². The van der Waals surface area contributed by atoms with Crippen LogP contribution in [-0.2, 0) is 16.6 Å². The zero-order valence-electron chi connectivity index (χ0n) is 9.02. The van der Waals surface area contributed by atoms with Crippen LogP contribution >= 0.6 is 23.2 Å². The van der Waals surface area contributed by atoms with Crippen molar-refractivity contribution in [2.75, 3.05) is 0 Å². The number of imidazole rings is 1. The summed E-state index contributed by atoms with van der Waals surface area (Å²) in [7, 11) is -3.63. The summed E-state index contributed by atoms with van der Waals surface area (Å²) >= 11 is 11.5. The Morgan fingerprint density at radius 3 is 2.67 bits per heavy atom. The highest BCUT2D eigenvalue weighted by molar-refractivity contribution is 7.89. The van der Waals surface area contributed by atoms with Crippen molar-refractivity contribution in [2.24, 2.45) is 0 Å². The van der Waals surface area contributed by atoms with Gasteiger partial charge in [-0.1, -0.05) is 23.2 Å². The molecule has 0 saturated carbocycles. The molecule has 18 heavy (non-hydrogen) atoms. The Balaban J connectivity index is 2.17. The van der Waals surface area contributed by atoms with Gasteiger partial charge in [0.2, 0.25) is 10.0 Å². The molecule has 0 unspecified atom stereocenters. The Morgan fingerprint density at radius 1 is 1.28 bits per heavy atom. The van der Waals surface area contributed by atoms with Crippen molar-refractivity contribution in [2.45, 2.75) is 11.4 Å². The average Bonchev–Trinajstić information content (AvgIpc) is 2.83. The number of nitrogens with one attached hydrogen (secondary N) is 2. The van der Waals surface area contributed by atoms with E-state index in [1.807, 2.05) is 0 Å². The van der Waals surface area contributed by atoms with Crippen molar-refractivity contribution in [3.8, 4) is 0 Å². The van der Waals surface area contributed by atoms with Gasteiger partial charge < -0.3 is 4.98 Å². The first-order chi connectivity index (χ1) is 8.49. The summed E-state index contributed by atoms with van der Waals surface area (Å²) in [4.78, 5) is 6.77. The number of hydrogen-bond acceptors (Lipinski definition) is 3. The number of rotatable bonds is 4. The van der Waals surface area contributed by atoms with Crippen LogP contribution in [0.15, 0.2) is 35.5 Å². The van der Waals surface area contributed by atoms with Crippen molar-refractivity contribution in [3.05, 3.63) is 46.5 Å². The van der Waals surface area contributed by atoms with Gasteiger partial charge in [-0.05, 0) is 18.2 Å². The molecule has 8 heteroatoms. The van der Waals surface area contributed by atoms with Crippen molar-refractivity contribution >= 4 is 33.2 Å². The lowest BCUT2D eigenvalue weighted by Gasteiger charge is -2.06. The van der Waals surface area contributed by atoms with E-state index in [2.05, 4.69) is 14.7 Å². The molecule has 0 spiro atoms. The number of aromatic nitrogens is 2. The van der Waals surface area contributed by atoms with E-state index in [9.17, 15) is 8.42 Å². The fraction of sp³-hybridized carbons (Fsp3) is 0.100. The molecule has 0 atom stereocenters. The summed E-state index contributed by atoms with van der Waals surface area (Å²) in [6, 6.07) is 4.12. The average molecular weight is 306 g/mol. The first-order valence-corrected chi connectivity index (χ1v) is 7.16. The van der Waals surface area contributed by atoms with Gasteiger partial charge in [0.15, 0.2) is 0 Å². The molecular weight excluding hydrogens is 297 g/mol. The lowest BCUT2D eigenvalue weighted by atomic mass is 10.4. The van der Waals surface area contributed by atoms with Crippen LogP contribution in [0.3, 0.4) is 0 Å². The molecule has 0 radical (unpaired) electrons. The second-order valence-electron chi connectivity index (χ2n) is 3.44. The molecule has 1 aromatic carbocycles. The molecule has 0 aliphatic rings. The predicted octanol–water partition coefficient (Wildman–Crippen LogP) is 2.19. The number of nitrogens with zero attached hydrogens (tertiary/aromatic N) is 1. The van der Waals surface area contributed by atoms with E-state index < -0.39 is 10.0 Å². The second kappa shape index (κ2) is 5.27. The Kier molecular flexibility index (Phi) is 3.91. The number of halogens is 2. The van der Waals surface area contributed by atoms with Crippen molar-refractivity contribution in [1.82, 2.24) is 14.7 Å². The van der Waals surface area contributed by atoms with Crippen molar-refractivity contribution < 1.29 is 8.42 Å². The van der Waals surface area contributed by atoms with Crippen LogP contribution < -0.4 is 4.72 Å². The van der Waals surface area contributed by atoms with Gasteiger partial charge in [0.25, 0.3) is 0 Å². The summed E-state index contributed by atoms with van der Waals surface area (Å²) in [5.41, 5.74) is 0.